The highest BCUT2D eigenvalue weighted by molar-refractivity contribution is 5.95. The number of amides is 1. The van der Waals surface area contributed by atoms with Crippen molar-refractivity contribution in [1.29, 1.82) is 0 Å². The van der Waals surface area contributed by atoms with E-state index in [2.05, 4.69) is 45.2 Å². The molecule has 0 bridgehead atoms. The van der Waals surface area contributed by atoms with Gasteiger partial charge in [0.2, 0.25) is 5.91 Å². The molecule has 2 aromatic carbocycles. The summed E-state index contributed by atoms with van der Waals surface area (Å²) < 4.78 is 11.5. The predicted molar refractivity (Wildman–Crippen MR) is 129 cm³/mol. The van der Waals surface area contributed by atoms with Crippen molar-refractivity contribution >= 4 is 17.6 Å². The number of ether oxygens (including phenoxy) is 2. The van der Waals surface area contributed by atoms with Crippen molar-refractivity contribution in [3.63, 3.8) is 0 Å². The molecule has 0 saturated carbocycles. The summed E-state index contributed by atoms with van der Waals surface area (Å²) in [6.07, 6.45) is 2.77. The van der Waals surface area contributed by atoms with Gasteiger partial charge in [0.05, 0.1) is 13.2 Å². The first-order valence-corrected chi connectivity index (χ1v) is 11.2. The Labute approximate surface area is 190 Å². The van der Waals surface area contributed by atoms with Crippen LogP contribution in [0.2, 0.25) is 0 Å². The van der Waals surface area contributed by atoms with Crippen molar-refractivity contribution in [2.24, 2.45) is 4.99 Å². The van der Waals surface area contributed by atoms with Crippen LogP contribution in [0.25, 0.3) is 0 Å². The number of guanidine groups is 1. The molecule has 7 heteroatoms. The molecule has 1 aliphatic heterocycles. The number of hydrogen-bond acceptors (Lipinski definition) is 4. The van der Waals surface area contributed by atoms with Crippen LogP contribution in [0.3, 0.4) is 0 Å². The summed E-state index contributed by atoms with van der Waals surface area (Å²) in [4.78, 5) is 16.7. The van der Waals surface area contributed by atoms with Crippen LogP contribution in [0.15, 0.2) is 53.5 Å². The van der Waals surface area contributed by atoms with E-state index in [4.69, 9.17) is 9.47 Å². The lowest BCUT2D eigenvalue weighted by atomic mass is 10.1. The number of benzene rings is 2. The van der Waals surface area contributed by atoms with E-state index in [9.17, 15) is 4.79 Å². The Balaban J connectivity index is 1.63. The number of carbonyl (C=O) groups excluding carboxylic acids is 1. The highest BCUT2D eigenvalue weighted by Gasteiger charge is 2.14. The topological polar surface area (TPSA) is 84.0 Å². The molecule has 7 nitrogen and oxygen atoms in total. The average Bonchev–Trinajstić information content (AvgIpc) is 2.99. The zero-order valence-corrected chi connectivity index (χ0v) is 19.2. The fourth-order valence-electron chi connectivity index (χ4n) is 3.27. The largest absolute Gasteiger partial charge is 0.490 e. The predicted octanol–water partition coefficient (Wildman–Crippen LogP) is 3.75. The van der Waals surface area contributed by atoms with Gasteiger partial charge in [-0.3, -0.25) is 4.79 Å². The highest BCUT2D eigenvalue weighted by atomic mass is 16.5. The Morgan fingerprint density at radius 2 is 1.78 bits per heavy atom. The van der Waals surface area contributed by atoms with Gasteiger partial charge in [-0.05, 0) is 51.3 Å². The molecule has 3 N–H and O–H groups in total. The summed E-state index contributed by atoms with van der Waals surface area (Å²) in [5, 5.41) is 9.56. The van der Waals surface area contributed by atoms with Gasteiger partial charge in [0.15, 0.2) is 17.5 Å². The molecule has 0 saturated heterocycles. The second kappa shape index (κ2) is 11.4. The summed E-state index contributed by atoms with van der Waals surface area (Å²) in [7, 11) is 0. The Morgan fingerprint density at radius 1 is 1.03 bits per heavy atom. The first-order valence-electron chi connectivity index (χ1n) is 11.2. The zero-order valence-electron chi connectivity index (χ0n) is 19.2. The number of nitrogens with zero attached hydrogens (tertiary/aromatic N) is 1. The molecule has 0 aromatic heterocycles. The first-order chi connectivity index (χ1) is 15.4. The molecular formula is C25H34N4O3. The van der Waals surface area contributed by atoms with Gasteiger partial charge in [-0.2, -0.15) is 0 Å². The fourth-order valence-corrected chi connectivity index (χ4v) is 3.27. The average molecular weight is 439 g/mol. The Bertz CT molecular complexity index is 907. The molecule has 0 spiro atoms. The normalized spacial score (nSPS) is 13.8. The summed E-state index contributed by atoms with van der Waals surface area (Å²) in [5.41, 5.74) is 1.82. The van der Waals surface area contributed by atoms with Crippen molar-refractivity contribution in [1.82, 2.24) is 10.6 Å². The van der Waals surface area contributed by atoms with Gasteiger partial charge < -0.3 is 25.4 Å². The van der Waals surface area contributed by atoms with Crippen LogP contribution in [0.5, 0.6) is 11.5 Å². The minimum absolute atomic E-state index is 0.0375. The number of hydrogen-bond donors (Lipinski definition) is 3. The van der Waals surface area contributed by atoms with Gasteiger partial charge in [-0.15, -0.1) is 0 Å². The van der Waals surface area contributed by atoms with E-state index in [1.54, 1.807) is 0 Å². The number of aliphatic imine (C=N–C) groups is 1. The van der Waals surface area contributed by atoms with Crippen LogP contribution >= 0.6 is 0 Å². The third kappa shape index (κ3) is 8.13. The van der Waals surface area contributed by atoms with E-state index >= 15 is 0 Å². The first kappa shape index (κ1) is 23.4. The number of carbonyl (C=O) groups is 1. The van der Waals surface area contributed by atoms with Gasteiger partial charge in [0, 0.05) is 30.3 Å². The molecule has 0 unspecified atom stereocenters. The van der Waals surface area contributed by atoms with E-state index in [1.165, 1.54) is 5.56 Å². The maximum Gasteiger partial charge on any atom is 0.242 e. The molecule has 1 amide bonds. The summed E-state index contributed by atoms with van der Waals surface area (Å²) in [5.74, 6) is 1.88. The van der Waals surface area contributed by atoms with Gasteiger partial charge in [0.1, 0.15) is 6.54 Å². The number of rotatable bonds is 7. The van der Waals surface area contributed by atoms with Crippen molar-refractivity contribution in [3.8, 4) is 11.5 Å². The van der Waals surface area contributed by atoms with Gasteiger partial charge in [0.25, 0.3) is 0 Å². The van der Waals surface area contributed by atoms with Gasteiger partial charge in [-0.25, -0.2) is 4.99 Å². The molecule has 0 atom stereocenters. The molecule has 32 heavy (non-hydrogen) atoms. The number of fused-ring (bicyclic) bond motifs is 1. The van der Waals surface area contributed by atoms with Crippen LogP contribution in [0.4, 0.5) is 5.69 Å². The Hall–Kier alpha value is -3.22. The highest BCUT2D eigenvalue weighted by Crippen LogP contribution is 2.32. The van der Waals surface area contributed by atoms with Crippen molar-refractivity contribution < 1.29 is 14.3 Å². The second-order valence-electron chi connectivity index (χ2n) is 8.82. The van der Waals surface area contributed by atoms with E-state index in [0.717, 1.165) is 37.2 Å². The van der Waals surface area contributed by atoms with Crippen LogP contribution in [0.1, 0.15) is 39.2 Å². The fraction of sp³-hybridized carbons (Fsp3) is 0.440. The Kier molecular flexibility index (Phi) is 8.36. The lowest BCUT2D eigenvalue weighted by molar-refractivity contribution is -0.121. The van der Waals surface area contributed by atoms with Crippen LogP contribution < -0.4 is 25.4 Å². The van der Waals surface area contributed by atoms with Gasteiger partial charge >= 0.3 is 0 Å². The minimum atomic E-state index is -0.294. The van der Waals surface area contributed by atoms with Crippen molar-refractivity contribution in [2.75, 3.05) is 31.6 Å². The third-order valence-corrected chi connectivity index (χ3v) is 4.68. The minimum Gasteiger partial charge on any atom is -0.490 e. The van der Waals surface area contributed by atoms with E-state index in [0.29, 0.717) is 24.9 Å². The number of aryl methyl sites for hydroxylation is 1. The second-order valence-corrected chi connectivity index (χ2v) is 8.82. The molecular weight excluding hydrogens is 404 g/mol. The lowest BCUT2D eigenvalue weighted by Gasteiger charge is -2.20. The summed E-state index contributed by atoms with van der Waals surface area (Å²) in [6.45, 7) is 7.90. The van der Waals surface area contributed by atoms with Crippen LogP contribution in [-0.4, -0.2) is 43.7 Å². The van der Waals surface area contributed by atoms with Crippen molar-refractivity contribution in [3.05, 3.63) is 54.1 Å². The van der Waals surface area contributed by atoms with Crippen LogP contribution in [-0.2, 0) is 11.2 Å². The Morgan fingerprint density at radius 3 is 2.53 bits per heavy atom. The molecule has 172 valence electrons. The smallest absolute Gasteiger partial charge is 0.242 e. The molecule has 3 rings (SSSR count). The third-order valence-electron chi connectivity index (χ3n) is 4.68. The monoisotopic (exact) mass is 438 g/mol. The zero-order chi connectivity index (χ0) is 22.8. The number of nitrogens with one attached hydrogen (secondary N) is 3. The molecule has 0 fully saturated rings. The number of anilines is 1. The van der Waals surface area contributed by atoms with E-state index in [1.807, 2.05) is 45.0 Å². The van der Waals surface area contributed by atoms with E-state index in [-0.39, 0.29) is 18.0 Å². The summed E-state index contributed by atoms with van der Waals surface area (Å²) >= 11 is 0. The van der Waals surface area contributed by atoms with Crippen molar-refractivity contribution in [2.45, 2.75) is 45.6 Å². The molecule has 0 radical (unpaired) electrons. The molecule has 0 aliphatic carbocycles. The van der Waals surface area contributed by atoms with Gasteiger partial charge in [-0.1, -0.05) is 30.3 Å². The SMILES string of the molecule is CC(C)(C)NC(=O)CN=C(NCCCc1ccccc1)Nc1ccc2c(c1)OCCCO2. The standard InChI is InChI=1S/C25H34N4O3/c1-25(2,3)29-23(30)18-27-24(26-14-7-11-19-9-5-4-6-10-19)28-20-12-13-21-22(17-20)32-16-8-15-31-21/h4-6,9-10,12-13,17H,7-8,11,14-16,18H2,1-3H3,(H,29,30)(H2,26,27,28). The maximum atomic E-state index is 12.3. The molecule has 2 aromatic rings. The lowest BCUT2D eigenvalue weighted by Crippen LogP contribution is -2.42. The van der Waals surface area contributed by atoms with E-state index < -0.39 is 0 Å². The molecule has 1 aliphatic rings. The maximum absolute atomic E-state index is 12.3. The van der Waals surface area contributed by atoms with Crippen LogP contribution in [0, 0.1) is 0 Å². The summed E-state index contributed by atoms with van der Waals surface area (Å²) in [6, 6.07) is 16.1. The quantitative estimate of drug-likeness (QED) is 0.348. The molecule has 1 heterocycles.